The lowest BCUT2D eigenvalue weighted by Crippen LogP contribution is -2.31. The molecule has 0 aromatic heterocycles. The van der Waals surface area contributed by atoms with E-state index in [1.165, 1.54) is 13.0 Å². The van der Waals surface area contributed by atoms with Crippen molar-refractivity contribution in [2.75, 3.05) is 32.8 Å². The lowest BCUT2D eigenvalue weighted by Gasteiger charge is -2.22. The molecule has 1 heterocycles. The molecule has 0 aliphatic carbocycles. The highest BCUT2D eigenvalue weighted by Gasteiger charge is 2.28. The minimum Gasteiger partial charge on any atom is -0.493 e. The molecule has 1 aliphatic rings. The van der Waals surface area contributed by atoms with Gasteiger partial charge in [0.15, 0.2) is 0 Å². The van der Waals surface area contributed by atoms with Crippen LogP contribution in [0.15, 0.2) is 24.3 Å². The Bertz CT molecular complexity index is 382. The number of likely N-dealkylation sites (tertiary alicyclic amines) is 1. The van der Waals surface area contributed by atoms with Gasteiger partial charge in [0.2, 0.25) is 0 Å². The Morgan fingerprint density at radius 3 is 2.74 bits per heavy atom. The van der Waals surface area contributed by atoms with E-state index in [4.69, 9.17) is 22.1 Å². The molecular weight excluding hydrogens is 260 g/mol. The van der Waals surface area contributed by atoms with E-state index in [2.05, 4.69) is 11.8 Å². The Morgan fingerprint density at radius 1 is 1.42 bits per heavy atom. The average molecular weight is 283 g/mol. The van der Waals surface area contributed by atoms with E-state index < -0.39 is 0 Å². The van der Waals surface area contributed by atoms with E-state index in [9.17, 15) is 0 Å². The second-order valence-corrected chi connectivity index (χ2v) is 5.64. The predicted molar refractivity (Wildman–Crippen MR) is 79.7 cm³/mol. The summed E-state index contributed by atoms with van der Waals surface area (Å²) in [5, 5.41) is 0.733. The van der Waals surface area contributed by atoms with Gasteiger partial charge in [-0.3, -0.25) is 0 Å². The van der Waals surface area contributed by atoms with E-state index in [0.29, 0.717) is 25.0 Å². The molecular formula is C15H23ClN2O. The van der Waals surface area contributed by atoms with Crippen molar-refractivity contribution in [3.05, 3.63) is 29.3 Å². The van der Waals surface area contributed by atoms with Crippen LogP contribution in [0, 0.1) is 11.8 Å². The van der Waals surface area contributed by atoms with Gasteiger partial charge >= 0.3 is 0 Å². The molecule has 19 heavy (non-hydrogen) atoms. The van der Waals surface area contributed by atoms with Gasteiger partial charge in [-0.25, -0.2) is 0 Å². The van der Waals surface area contributed by atoms with Crippen molar-refractivity contribution in [2.45, 2.75) is 13.3 Å². The number of halogens is 1. The Hall–Kier alpha value is -0.770. The van der Waals surface area contributed by atoms with Gasteiger partial charge in [-0.15, -0.1) is 0 Å². The summed E-state index contributed by atoms with van der Waals surface area (Å²) < 4.78 is 5.84. The zero-order valence-corrected chi connectivity index (χ0v) is 12.3. The largest absolute Gasteiger partial charge is 0.493 e. The third-order valence-corrected chi connectivity index (χ3v) is 4.26. The first-order valence-electron chi connectivity index (χ1n) is 7.03. The molecule has 1 saturated heterocycles. The quantitative estimate of drug-likeness (QED) is 0.872. The number of hydrogen-bond acceptors (Lipinski definition) is 3. The zero-order chi connectivity index (χ0) is 13.7. The summed E-state index contributed by atoms with van der Waals surface area (Å²) in [4.78, 5) is 2.48. The summed E-state index contributed by atoms with van der Waals surface area (Å²) in [6.07, 6.45) is 1.24. The molecule has 0 radical (unpaired) electrons. The molecule has 0 amide bonds. The van der Waals surface area contributed by atoms with Gasteiger partial charge in [-0.1, -0.05) is 18.5 Å². The fraction of sp³-hybridized carbons (Fsp3) is 0.600. The highest BCUT2D eigenvalue weighted by atomic mass is 35.5. The van der Waals surface area contributed by atoms with Crippen molar-refractivity contribution in [3.63, 3.8) is 0 Å². The Labute approximate surface area is 120 Å². The third-order valence-electron chi connectivity index (χ3n) is 4.00. The van der Waals surface area contributed by atoms with Gasteiger partial charge in [0.05, 0.1) is 6.61 Å². The fourth-order valence-corrected chi connectivity index (χ4v) is 2.79. The van der Waals surface area contributed by atoms with Crippen LogP contribution >= 0.6 is 11.6 Å². The third kappa shape index (κ3) is 4.10. The van der Waals surface area contributed by atoms with Crippen LogP contribution in [-0.2, 0) is 0 Å². The second kappa shape index (κ2) is 7.13. The highest BCUT2D eigenvalue weighted by Crippen LogP contribution is 2.25. The smallest absolute Gasteiger partial charge is 0.119 e. The van der Waals surface area contributed by atoms with Crippen LogP contribution in [0.2, 0.25) is 5.02 Å². The maximum absolute atomic E-state index is 5.91. The van der Waals surface area contributed by atoms with Crippen molar-refractivity contribution < 1.29 is 4.74 Å². The average Bonchev–Trinajstić information content (AvgIpc) is 2.90. The fourth-order valence-electron chi connectivity index (χ4n) is 2.67. The zero-order valence-electron chi connectivity index (χ0n) is 11.5. The minimum atomic E-state index is 0.437. The molecule has 2 rings (SSSR count). The topological polar surface area (TPSA) is 38.5 Å². The lowest BCUT2D eigenvalue weighted by molar-refractivity contribution is 0.196. The number of ether oxygens (including phenoxy) is 1. The molecule has 4 heteroatoms. The summed E-state index contributed by atoms with van der Waals surface area (Å²) in [5.74, 6) is 1.97. The van der Waals surface area contributed by atoms with Crippen LogP contribution in [0.3, 0.4) is 0 Å². The van der Waals surface area contributed by atoms with E-state index in [1.54, 1.807) is 0 Å². The molecule has 3 nitrogen and oxygen atoms in total. The Balaban J connectivity index is 1.84. The normalized spacial score (nSPS) is 21.5. The van der Waals surface area contributed by atoms with Crippen LogP contribution in [0.25, 0.3) is 0 Å². The maximum Gasteiger partial charge on any atom is 0.119 e. The molecule has 2 N–H and O–H groups in total. The van der Waals surface area contributed by atoms with Gasteiger partial charge in [0.25, 0.3) is 0 Å². The van der Waals surface area contributed by atoms with Gasteiger partial charge in [-0.05, 0) is 56.2 Å². The van der Waals surface area contributed by atoms with Crippen LogP contribution in [0.4, 0.5) is 0 Å². The van der Waals surface area contributed by atoms with Crippen LogP contribution in [0.1, 0.15) is 13.3 Å². The molecule has 1 aromatic rings. The SMILES string of the molecule is CCN1CCC(C(CN)COc2ccc(Cl)cc2)C1. The van der Waals surface area contributed by atoms with Gasteiger partial charge in [0, 0.05) is 17.5 Å². The summed E-state index contributed by atoms with van der Waals surface area (Å²) in [6.45, 7) is 7.08. The molecule has 1 aromatic carbocycles. The Kier molecular flexibility index (Phi) is 5.49. The van der Waals surface area contributed by atoms with Crippen molar-refractivity contribution in [3.8, 4) is 5.75 Å². The first-order valence-corrected chi connectivity index (χ1v) is 7.41. The number of benzene rings is 1. The lowest BCUT2D eigenvalue weighted by atomic mass is 9.92. The summed E-state index contributed by atoms with van der Waals surface area (Å²) in [5.41, 5.74) is 5.91. The Morgan fingerprint density at radius 2 is 2.16 bits per heavy atom. The van der Waals surface area contributed by atoms with Crippen molar-refractivity contribution in [1.29, 1.82) is 0 Å². The summed E-state index contributed by atoms with van der Waals surface area (Å²) >= 11 is 5.86. The minimum absolute atomic E-state index is 0.437. The number of nitrogens with two attached hydrogens (primary N) is 1. The molecule has 2 unspecified atom stereocenters. The first-order chi connectivity index (χ1) is 9.22. The van der Waals surface area contributed by atoms with Crippen molar-refractivity contribution in [1.82, 2.24) is 4.90 Å². The van der Waals surface area contributed by atoms with Gasteiger partial charge in [-0.2, -0.15) is 0 Å². The van der Waals surface area contributed by atoms with Gasteiger partial charge in [0.1, 0.15) is 5.75 Å². The van der Waals surface area contributed by atoms with Crippen molar-refractivity contribution in [2.24, 2.45) is 17.6 Å². The van der Waals surface area contributed by atoms with Gasteiger partial charge < -0.3 is 15.4 Å². The van der Waals surface area contributed by atoms with Crippen molar-refractivity contribution >= 4 is 11.6 Å². The summed E-state index contributed by atoms with van der Waals surface area (Å²) in [7, 11) is 0. The van der Waals surface area contributed by atoms with Crippen LogP contribution in [-0.4, -0.2) is 37.7 Å². The molecule has 0 spiro atoms. The van der Waals surface area contributed by atoms with E-state index in [1.807, 2.05) is 24.3 Å². The second-order valence-electron chi connectivity index (χ2n) is 5.20. The maximum atomic E-state index is 5.91. The highest BCUT2D eigenvalue weighted by molar-refractivity contribution is 6.30. The first kappa shape index (κ1) is 14.6. The molecule has 0 saturated carbocycles. The van der Waals surface area contributed by atoms with E-state index in [-0.39, 0.29) is 0 Å². The molecule has 0 bridgehead atoms. The molecule has 106 valence electrons. The molecule has 2 atom stereocenters. The van der Waals surface area contributed by atoms with E-state index >= 15 is 0 Å². The van der Waals surface area contributed by atoms with Crippen LogP contribution < -0.4 is 10.5 Å². The van der Waals surface area contributed by atoms with E-state index in [0.717, 1.165) is 23.9 Å². The standard InChI is InChI=1S/C15H23ClN2O/c1-2-18-8-7-12(10-18)13(9-17)11-19-15-5-3-14(16)4-6-15/h3-6,12-13H,2,7-11,17H2,1H3. The number of hydrogen-bond donors (Lipinski definition) is 1. The number of nitrogens with zero attached hydrogens (tertiary/aromatic N) is 1. The molecule has 1 aliphatic heterocycles. The van der Waals surface area contributed by atoms with Crippen LogP contribution in [0.5, 0.6) is 5.75 Å². The summed E-state index contributed by atoms with van der Waals surface area (Å²) in [6, 6.07) is 7.51. The predicted octanol–water partition coefficient (Wildman–Crippen LogP) is 2.64. The molecule has 1 fully saturated rings. The number of rotatable bonds is 6. The monoisotopic (exact) mass is 282 g/mol.